The Morgan fingerprint density at radius 1 is 1.44 bits per heavy atom. The van der Waals surface area contributed by atoms with Crippen LogP contribution >= 0.6 is 0 Å². The number of rotatable bonds is 2. The first-order chi connectivity index (χ1) is 4.42. The van der Waals surface area contributed by atoms with Crippen molar-refractivity contribution in [3.05, 3.63) is 0 Å². The van der Waals surface area contributed by atoms with Crippen LogP contribution in [0.1, 0.15) is 32.6 Å². The van der Waals surface area contributed by atoms with E-state index in [4.69, 9.17) is 4.74 Å². The van der Waals surface area contributed by atoms with Gasteiger partial charge in [0, 0.05) is 0 Å². The zero-order valence-electron chi connectivity index (χ0n) is 5.97. The molecular formula is C8H14O. The standard InChI is InChI=1S/C8H14O/c1-2-7-8(9-7)6-4-3-5-6/h6-8H,2-5H2,1H3. The van der Waals surface area contributed by atoms with Gasteiger partial charge in [-0.05, 0) is 25.2 Å². The SMILES string of the molecule is CCC1OC1C1CCC1. The van der Waals surface area contributed by atoms with Crippen LogP contribution in [0.3, 0.4) is 0 Å². The number of hydrogen-bond donors (Lipinski definition) is 0. The summed E-state index contributed by atoms with van der Waals surface area (Å²) in [4.78, 5) is 0. The van der Waals surface area contributed by atoms with E-state index in [1.165, 1.54) is 25.7 Å². The quantitative estimate of drug-likeness (QED) is 0.515. The van der Waals surface area contributed by atoms with E-state index in [1.54, 1.807) is 0 Å². The van der Waals surface area contributed by atoms with E-state index >= 15 is 0 Å². The fraction of sp³-hybridized carbons (Fsp3) is 1.00. The van der Waals surface area contributed by atoms with Gasteiger partial charge in [0.15, 0.2) is 0 Å². The zero-order valence-corrected chi connectivity index (χ0v) is 5.97. The van der Waals surface area contributed by atoms with Crippen LogP contribution in [0.2, 0.25) is 0 Å². The third-order valence-corrected chi connectivity index (χ3v) is 2.64. The van der Waals surface area contributed by atoms with Crippen molar-refractivity contribution in [3.63, 3.8) is 0 Å². The molecule has 1 saturated carbocycles. The lowest BCUT2D eigenvalue weighted by molar-refractivity contribution is 0.230. The van der Waals surface area contributed by atoms with Crippen molar-refractivity contribution < 1.29 is 4.74 Å². The monoisotopic (exact) mass is 126 g/mol. The molecule has 0 bridgehead atoms. The van der Waals surface area contributed by atoms with E-state index in [0.29, 0.717) is 12.2 Å². The molecule has 1 saturated heterocycles. The zero-order chi connectivity index (χ0) is 6.27. The van der Waals surface area contributed by atoms with Crippen LogP contribution in [0, 0.1) is 5.92 Å². The highest BCUT2D eigenvalue weighted by Crippen LogP contribution is 2.42. The van der Waals surface area contributed by atoms with Gasteiger partial charge in [0.2, 0.25) is 0 Å². The lowest BCUT2D eigenvalue weighted by Crippen LogP contribution is -2.18. The van der Waals surface area contributed by atoms with E-state index in [2.05, 4.69) is 6.92 Å². The van der Waals surface area contributed by atoms with Gasteiger partial charge in [-0.3, -0.25) is 0 Å². The van der Waals surface area contributed by atoms with Crippen LogP contribution in [-0.4, -0.2) is 12.2 Å². The van der Waals surface area contributed by atoms with E-state index in [0.717, 1.165) is 5.92 Å². The first kappa shape index (κ1) is 5.72. The van der Waals surface area contributed by atoms with Crippen molar-refractivity contribution >= 4 is 0 Å². The summed E-state index contributed by atoms with van der Waals surface area (Å²) in [5.41, 5.74) is 0. The van der Waals surface area contributed by atoms with Gasteiger partial charge in [-0.2, -0.15) is 0 Å². The largest absolute Gasteiger partial charge is 0.369 e. The average molecular weight is 126 g/mol. The summed E-state index contributed by atoms with van der Waals surface area (Å²) in [7, 11) is 0. The molecule has 2 atom stereocenters. The Labute approximate surface area is 56.4 Å². The maximum Gasteiger partial charge on any atom is 0.0869 e. The Hall–Kier alpha value is -0.0400. The van der Waals surface area contributed by atoms with Crippen LogP contribution < -0.4 is 0 Å². The van der Waals surface area contributed by atoms with Gasteiger partial charge in [-0.25, -0.2) is 0 Å². The smallest absolute Gasteiger partial charge is 0.0869 e. The molecule has 0 spiro atoms. The molecule has 0 radical (unpaired) electrons. The molecule has 0 aromatic rings. The Bertz CT molecular complexity index is 107. The van der Waals surface area contributed by atoms with Crippen molar-refractivity contribution in [2.75, 3.05) is 0 Å². The summed E-state index contributed by atoms with van der Waals surface area (Å²) >= 11 is 0. The van der Waals surface area contributed by atoms with Gasteiger partial charge in [-0.1, -0.05) is 13.3 Å². The van der Waals surface area contributed by atoms with Crippen molar-refractivity contribution in [3.8, 4) is 0 Å². The van der Waals surface area contributed by atoms with Gasteiger partial charge in [0.1, 0.15) is 0 Å². The Kier molecular flexibility index (Phi) is 1.26. The van der Waals surface area contributed by atoms with Crippen molar-refractivity contribution in [2.45, 2.75) is 44.8 Å². The van der Waals surface area contributed by atoms with Gasteiger partial charge in [0.05, 0.1) is 12.2 Å². The molecular weight excluding hydrogens is 112 g/mol. The fourth-order valence-electron chi connectivity index (χ4n) is 1.67. The first-order valence-corrected chi connectivity index (χ1v) is 4.07. The highest BCUT2D eigenvalue weighted by Gasteiger charge is 2.45. The molecule has 9 heavy (non-hydrogen) atoms. The van der Waals surface area contributed by atoms with Crippen molar-refractivity contribution in [2.24, 2.45) is 5.92 Å². The summed E-state index contributed by atoms with van der Waals surface area (Å²) in [6.45, 7) is 2.21. The number of ether oxygens (including phenoxy) is 1. The molecule has 0 aromatic heterocycles. The van der Waals surface area contributed by atoms with Gasteiger partial charge >= 0.3 is 0 Å². The predicted molar refractivity (Wildman–Crippen MR) is 36.3 cm³/mol. The fourth-order valence-corrected chi connectivity index (χ4v) is 1.67. The minimum atomic E-state index is 0.648. The topological polar surface area (TPSA) is 12.5 Å². The lowest BCUT2D eigenvalue weighted by Gasteiger charge is -2.23. The number of epoxide rings is 1. The van der Waals surface area contributed by atoms with Gasteiger partial charge in [-0.15, -0.1) is 0 Å². The highest BCUT2D eigenvalue weighted by molar-refractivity contribution is 4.92. The summed E-state index contributed by atoms with van der Waals surface area (Å²) in [6, 6.07) is 0. The molecule has 0 aromatic carbocycles. The average Bonchev–Trinajstić information content (AvgIpc) is 2.42. The third kappa shape index (κ3) is 0.877. The maximum atomic E-state index is 5.47. The van der Waals surface area contributed by atoms with Crippen molar-refractivity contribution in [1.29, 1.82) is 0 Å². The summed E-state index contributed by atoms with van der Waals surface area (Å²) in [5, 5.41) is 0. The minimum absolute atomic E-state index is 0.648. The van der Waals surface area contributed by atoms with Gasteiger partial charge < -0.3 is 4.74 Å². The molecule has 1 heterocycles. The van der Waals surface area contributed by atoms with E-state index < -0.39 is 0 Å². The van der Waals surface area contributed by atoms with Crippen LogP contribution in [0.25, 0.3) is 0 Å². The van der Waals surface area contributed by atoms with Gasteiger partial charge in [0.25, 0.3) is 0 Å². The molecule has 1 aliphatic heterocycles. The second-order valence-electron chi connectivity index (χ2n) is 3.24. The van der Waals surface area contributed by atoms with Crippen molar-refractivity contribution in [1.82, 2.24) is 0 Å². The highest BCUT2D eigenvalue weighted by atomic mass is 16.6. The number of hydrogen-bond acceptors (Lipinski definition) is 1. The van der Waals surface area contributed by atoms with Crippen LogP contribution in [0.4, 0.5) is 0 Å². The van der Waals surface area contributed by atoms with Crippen LogP contribution in [-0.2, 0) is 4.74 Å². The molecule has 2 unspecified atom stereocenters. The molecule has 2 rings (SSSR count). The lowest BCUT2D eigenvalue weighted by atomic mass is 9.81. The molecule has 2 fully saturated rings. The minimum Gasteiger partial charge on any atom is -0.369 e. The molecule has 2 aliphatic rings. The van der Waals surface area contributed by atoms with Crippen LogP contribution in [0.5, 0.6) is 0 Å². The van der Waals surface area contributed by atoms with E-state index in [1.807, 2.05) is 0 Å². The molecule has 1 aliphatic carbocycles. The Balaban J connectivity index is 1.76. The Morgan fingerprint density at radius 3 is 2.56 bits per heavy atom. The molecule has 1 nitrogen and oxygen atoms in total. The summed E-state index contributed by atoms with van der Waals surface area (Å²) in [6.07, 6.45) is 6.86. The maximum absolute atomic E-state index is 5.47. The molecule has 52 valence electrons. The third-order valence-electron chi connectivity index (χ3n) is 2.64. The molecule has 0 amide bonds. The normalized spacial score (nSPS) is 42.3. The second kappa shape index (κ2) is 1.98. The predicted octanol–water partition coefficient (Wildman–Crippen LogP) is 1.96. The Morgan fingerprint density at radius 2 is 2.22 bits per heavy atom. The van der Waals surface area contributed by atoms with E-state index in [-0.39, 0.29) is 0 Å². The second-order valence-corrected chi connectivity index (χ2v) is 3.24. The van der Waals surface area contributed by atoms with Crippen LogP contribution in [0.15, 0.2) is 0 Å². The summed E-state index contributed by atoms with van der Waals surface area (Å²) < 4.78 is 5.47. The van der Waals surface area contributed by atoms with E-state index in [9.17, 15) is 0 Å². The molecule has 1 heteroatoms. The first-order valence-electron chi connectivity index (χ1n) is 4.07. The summed E-state index contributed by atoms with van der Waals surface area (Å²) in [5.74, 6) is 0.954. The molecule has 0 N–H and O–H groups in total.